The molecule has 2 heterocycles. The average molecular weight is 260 g/mol. The zero-order valence-electron chi connectivity index (χ0n) is 11.2. The van der Waals surface area contributed by atoms with E-state index in [-0.39, 0.29) is 5.95 Å². The van der Waals surface area contributed by atoms with Crippen LogP contribution >= 0.6 is 0 Å². The Bertz CT molecular complexity index is 563. The summed E-state index contributed by atoms with van der Waals surface area (Å²) < 4.78 is 0. The van der Waals surface area contributed by atoms with Gasteiger partial charge in [0.15, 0.2) is 11.5 Å². The second-order valence-electron chi connectivity index (χ2n) is 5.31. The standard InChI is InChI=1S/C13H20N6/c1-2-8-4-3-5-9(6-8)17-12-10-11(16-7-15-10)18-13(14)19-12/h7-9H,2-6H2,1H3,(H4,14,15,16,17,18,19). The lowest BCUT2D eigenvalue weighted by atomic mass is 9.84. The Hall–Kier alpha value is -1.85. The Labute approximate surface area is 112 Å². The van der Waals surface area contributed by atoms with Gasteiger partial charge < -0.3 is 16.0 Å². The number of rotatable bonds is 3. The molecule has 2 aromatic rings. The molecule has 0 saturated heterocycles. The maximum atomic E-state index is 5.73. The van der Waals surface area contributed by atoms with Gasteiger partial charge in [-0.25, -0.2) is 4.98 Å². The number of aromatic amines is 1. The number of anilines is 2. The van der Waals surface area contributed by atoms with Crippen molar-refractivity contribution in [2.24, 2.45) is 5.92 Å². The zero-order valence-corrected chi connectivity index (χ0v) is 11.2. The van der Waals surface area contributed by atoms with Crippen LogP contribution in [0, 0.1) is 5.92 Å². The van der Waals surface area contributed by atoms with Crippen LogP contribution in [0.3, 0.4) is 0 Å². The molecule has 0 bridgehead atoms. The number of imidazole rings is 1. The van der Waals surface area contributed by atoms with Crippen molar-refractivity contribution >= 4 is 22.9 Å². The first-order valence-corrected chi connectivity index (χ1v) is 6.99. The molecule has 0 aliphatic heterocycles. The van der Waals surface area contributed by atoms with Crippen LogP contribution in [0.1, 0.15) is 39.0 Å². The lowest BCUT2D eigenvalue weighted by Crippen LogP contribution is -2.27. The first-order valence-electron chi connectivity index (χ1n) is 6.99. The Balaban J connectivity index is 1.82. The average Bonchev–Trinajstić information content (AvgIpc) is 2.87. The van der Waals surface area contributed by atoms with Crippen LogP contribution in [0.25, 0.3) is 11.2 Å². The van der Waals surface area contributed by atoms with Crippen molar-refractivity contribution in [3.05, 3.63) is 6.33 Å². The van der Waals surface area contributed by atoms with E-state index in [1.54, 1.807) is 6.33 Å². The third kappa shape index (κ3) is 2.47. The lowest BCUT2D eigenvalue weighted by molar-refractivity contribution is 0.327. The predicted octanol–water partition coefficient (Wildman–Crippen LogP) is 2.32. The molecule has 2 atom stereocenters. The number of nitrogen functional groups attached to an aromatic ring is 1. The van der Waals surface area contributed by atoms with E-state index >= 15 is 0 Å². The highest BCUT2D eigenvalue weighted by molar-refractivity contribution is 5.83. The van der Waals surface area contributed by atoms with E-state index in [1.165, 1.54) is 32.1 Å². The van der Waals surface area contributed by atoms with Gasteiger partial charge in [0.2, 0.25) is 5.95 Å². The molecule has 1 saturated carbocycles. The largest absolute Gasteiger partial charge is 0.368 e. The Morgan fingerprint density at radius 2 is 2.32 bits per heavy atom. The molecule has 0 radical (unpaired) electrons. The van der Waals surface area contributed by atoms with Crippen molar-refractivity contribution in [3.63, 3.8) is 0 Å². The predicted molar refractivity (Wildman–Crippen MR) is 75.8 cm³/mol. The third-order valence-corrected chi connectivity index (χ3v) is 4.00. The number of hydrogen-bond acceptors (Lipinski definition) is 5. The Morgan fingerprint density at radius 1 is 1.42 bits per heavy atom. The van der Waals surface area contributed by atoms with Crippen LogP contribution in [0.15, 0.2) is 6.33 Å². The second kappa shape index (κ2) is 5.03. The van der Waals surface area contributed by atoms with Crippen molar-refractivity contribution in [1.29, 1.82) is 0 Å². The fraction of sp³-hybridized carbons (Fsp3) is 0.615. The molecule has 19 heavy (non-hydrogen) atoms. The van der Waals surface area contributed by atoms with Crippen LogP contribution in [-0.4, -0.2) is 26.0 Å². The second-order valence-corrected chi connectivity index (χ2v) is 5.31. The van der Waals surface area contributed by atoms with Gasteiger partial charge in [0.25, 0.3) is 0 Å². The molecule has 0 spiro atoms. The highest BCUT2D eigenvalue weighted by Gasteiger charge is 2.22. The maximum Gasteiger partial charge on any atom is 0.224 e. The van der Waals surface area contributed by atoms with Crippen molar-refractivity contribution in [2.45, 2.75) is 45.1 Å². The summed E-state index contributed by atoms with van der Waals surface area (Å²) in [4.78, 5) is 15.6. The van der Waals surface area contributed by atoms with E-state index in [1.807, 2.05) is 0 Å². The minimum absolute atomic E-state index is 0.268. The third-order valence-electron chi connectivity index (χ3n) is 4.00. The lowest BCUT2D eigenvalue weighted by Gasteiger charge is -2.29. The molecule has 6 heteroatoms. The van der Waals surface area contributed by atoms with Crippen LogP contribution in [0.2, 0.25) is 0 Å². The SMILES string of the molecule is CCC1CCCC(Nc2nc(N)nc3nc[nH]c23)C1. The summed E-state index contributed by atoms with van der Waals surface area (Å²) >= 11 is 0. The number of fused-ring (bicyclic) bond motifs is 1. The molecule has 2 aromatic heterocycles. The summed E-state index contributed by atoms with van der Waals surface area (Å²) in [6, 6.07) is 0.472. The van der Waals surface area contributed by atoms with Gasteiger partial charge in [0, 0.05) is 6.04 Å². The van der Waals surface area contributed by atoms with Gasteiger partial charge in [0.1, 0.15) is 5.52 Å². The van der Waals surface area contributed by atoms with Crippen molar-refractivity contribution < 1.29 is 0 Å². The van der Waals surface area contributed by atoms with Gasteiger partial charge >= 0.3 is 0 Å². The van der Waals surface area contributed by atoms with Crippen LogP contribution in [-0.2, 0) is 0 Å². The number of aromatic nitrogens is 4. The quantitative estimate of drug-likeness (QED) is 0.787. The van der Waals surface area contributed by atoms with Crippen molar-refractivity contribution in [3.8, 4) is 0 Å². The number of nitrogens with two attached hydrogens (primary N) is 1. The van der Waals surface area contributed by atoms with Crippen LogP contribution in [0.5, 0.6) is 0 Å². The summed E-state index contributed by atoms with van der Waals surface area (Å²) in [5.41, 5.74) is 7.19. The summed E-state index contributed by atoms with van der Waals surface area (Å²) in [6.45, 7) is 2.27. The molecule has 1 aliphatic rings. The van der Waals surface area contributed by atoms with Gasteiger partial charge in [0.05, 0.1) is 6.33 Å². The zero-order chi connectivity index (χ0) is 13.2. The normalized spacial score (nSPS) is 23.6. The molecule has 3 rings (SSSR count). The summed E-state index contributed by atoms with van der Waals surface area (Å²) in [6.07, 6.45) is 7.90. The summed E-state index contributed by atoms with van der Waals surface area (Å²) in [5.74, 6) is 1.87. The highest BCUT2D eigenvalue weighted by atomic mass is 15.1. The van der Waals surface area contributed by atoms with E-state index < -0.39 is 0 Å². The monoisotopic (exact) mass is 260 g/mol. The van der Waals surface area contributed by atoms with E-state index in [4.69, 9.17) is 5.73 Å². The summed E-state index contributed by atoms with van der Waals surface area (Å²) in [5, 5.41) is 3.51. The van der Waals surface area contributed by atoms with E-state index in [9.17, 15) is 0 Å². The highest BCUT2D eigenvalue weighted by Crippen LogP contribution is 2.29. The Kier molecular flexibility index (Phi) is 3.23. The minimum Gasteiger partial charge on any atom is -0.368 e. The number of H-pyrrole nitrogens is 1. The van der Waals surface area contributed by atoms with Crippen LogP contribution in [0.4, 0.5) is 11.8 Å². The van der Waals surface area contributed by atoms with Crippen molar-refractivity contribution in [2.75, 3.05) is 11.1 Å². The molecular formula is C13H20N6. The van der Waals surface area contributed by atoms with Gasteiger partial charge in [-0.3, -0.25) is 0 Å². The fourth-order valence-electron chi connectivity index (χ4n) is 2.94. The van der Waals surface area contributed by atoms with E-state index in [0.29, 0.717) is 11.7 Å². The first kappa shape index (κ1) is 12.2. The summed E-state index contributed by atoms with van der Waals surface area (Å²) in [7, 11) is 0. The molecule has 0 amide bonds. The number of hydrogen-bond donors (Lipinski definition) is 3. The van der Waals surface area contributed by atoms with Crippen LogP contribution < -0.4 is 11.1 Å². The van der Waals surface area contributed by atoms with Gasteiger partial charge in [-0.05, 0) is 18.8 Å². The minimum atomic E-state index is 0.268. The first-order chi connectivity index (χ1) is 9.26. The molecule has 6 nitrogen and oxygen atoms in total. The number of nitrogens with zero attached hydrogens (tertiary/aromatic N) is 3. The van der Waals surface area contributed by atoms with Gasteiger partial charge in [-0.2, -0.15) is 9.97 Å². The molecule has 2 unspecified atom stereocenters. The van der Waals surface area contributed by atoms with E-state index in [0.717, 1.165) is 17.3 Å². The molecule has 102 valence electrons. The smallest absolute Gasteiger partial charge is 0.224 e. The molecule has 4 N–H and O–H groups in total. The van der Waals surface area contributed by atoms with Gasteiger partial charge in [-0.1, -0.05) is 26.2 Å². The van der Waals surface area contributed by atoms with E-state index in [2.05, 4.69) is 32.2 Å². The molecule has 0 aromatic carbocycles. The molecule has 1 aliphatic carbocycles. The number of nitrogens with one attached hydrogen (secondary N) is 2. The van der Waals surface area contributed by atoms with Crippen molar-refractivity contribution in [1.82, 2.24) is 19.9 Å². The topological polar surface area (TPSA) is 92.5 Å². The fourth-order valence-corrected chi connectivity index (χ4v) is 2.94. The Morgan fingerprint density at radius 3 is 3.16 bits per heavy atom. The maximum absolute atomic E-state index is 5.73. The molecular weight excluding hydrogens is 240 g/mol. The molecule has 1 fully saturated rings. The van der Waals surface area contributed by atoms with Gasteiger partial charge in [-0.15, -0.1) is 0 Å².